The van der Waals surface area contributed by atoms with Gasteiger partial charge in [0, 0.05) is 30.8 Å². The van der Waals surface area contributed by atoms with Gasteiger partial charge in [-0.05, 0) is 23.8 Å². The molecule has 0 bridgehead atoms. The van der Waals surface area contributed by atoms with Crippen LogP contribution in [-0.2, 0) is 11.3 Å². The third-order valence-corrected chi connectivity index (χ3v) is 4.37. The molecule has 0 spiro atoms. The number of hydrogen-bond donors (Lipinski definition) is 0. The van der Waals surface area contributed by atoms with E-state index in [0.717, 1.165) is 32.8 Å². The van der Waals surface area contributed by atoms with Crippen molar-refractivity contribution in [3.8, 4) is 11.5 Å². The fraction of sp³-hybridized carbons (Fsp3) is 0.350. The van der Waals surface area contributed by atoms with Crippen LogP contribution in [0.5, 0.6) is 11.5 Å². The van der Waals surface area contributed by atoms with Gasteiger partial charge in [0.05, 0.1) is 27.4 Å². The maximum absolute atomic E-state index is 12.7. The van der Waals surface area contributed by atoms with E-state index in [1.54, 1.807) is 32.4 Å². The molecule has 26 heavy (non-hydrogen) atoms. The molecule has 1 fully saturated rings. The van der Waals surface area contributed by atoms with Crippen molar-refractivity contribution in [1.29, 1.82) is 0 Å². The Kier molecular flexibility index (Phi) is 7.45. The van der Waals surface area contributed by atoms with Gasteiger partial charge in [0.2, 0.25) is 0 Å². The van der Waals surface area contributed by atoms with Gasteiger partial charge in [-0.15, -0.1) is 12.4 Å². The Morgan fingerprint density at radius 1 is 0.962 bits per heavy atom. The lowest BCUT2D eigenvalue weighted by atomic mass is 10.0. The summed E-state index contributed by atoms with van der Waals surface area (Å²) in [5.41, 5.74) is 2.45. The molecule has 1 heterocycles. The SMILES string of the molecule is COc1ccc(C(=O)c2ccc(CN3CCOCC3)cc2)cc1OC.Cl. The molecule has 5 nitrogen and oxygen atoms in total. The molecule has 1 aliphatic heterocycles. The van der Waals surface area contributed by atoms with Crippen LogP contribution in [-0.4, -0.2) is 51.2 Å². The maximum atomic E-state index is 12.7. The highest BCUT2D eigenvalue weighted by Gasteiger charge is 2.14. The smallest absolute Gasteiger partial charge is 0.193 e. The summed E-state index contributed by atoms with van der Waals surface area (Å²) in [5, 5.41) is 0. The van der Waals surface area contributed by atoms with Crippen LogP contribution in [0.25, 0.3) is 0 Å². The molecule has 0 aromatic heterocycles. The summed E-state index contributed by atoms with van der Waals surface area (Å²) in [5.74, 6) is 1.14. The summed E-state index contributed by atoms with van der Waals surface area (Å²) in [6.07, 6.45) is 0. The third-order valence-electron chi connectivity index (χ3n) is 4.37. The standard InChI is InChI=1S/C20H23NO4.ClH/c1-23-18-8-7-17(13-19(18)24-2)20(22)16-5-3-15(4-6-16)14-21-9-11-25-12-10-21;/h3-8,13H,9-12,14H2,1-2H3;1H. The van der Waals surface area contributed by atoms with Crippen LogP contribution in [0.1, 0.15) is 21.5 Å². The molecule has 0 unspecified atom stereocenters. The van der Waals surface area contributed by atoms with Crippen LogP contribution in [0.15, 0.2) is 42.5 Å². The van der Waals surface area contributed by atoms with Gasteiger partial charge < -0.3 is 14.2 Å². The minimum absolute atomic E-state index is 0. The van der Waals surface area contributed by atoms with E-state index in [9.17, 15) is 4.79 Å². The molecule has 2 aromatic rings. The first-order valence-corrected chi connectivity index (χ1v) is 8.37. The van der Waals surface area contributed by atoms with Crippen molar-refractivity contribution in [3.63, 3.8) is 0 Å². The molecule has 2 aromatic carbocycles. The van der Waals surface area contributed by atoms with Gasteiger partial charge in [0.1, 0.15) is 0 Å². The van der Waals surface area contributed by atoms with Crippen molar-refractivity contribution in [2.24, 2.45) is 0 Å². The number of carbonyl (C=O) groups is 1. The van der Waals surface area contributed by atoms with Gasteiger partial charge in [0.25, 0.3) is 0 Å². The number of ether oxygens (including phenoxy) is 3. The van der Waals surface area contributed by atoms with Crippen molar-refractivity contribution in [2.75, 3.05) is 40.5 Å². The Morgan fingerprint density at radius 2 is 1.58 bits per heavy atom. The zero-order chi connectivity index (χ0) is 17.6. The molecular formula is C20H24ClNO4. The molecule has 0 saturated carbocycles. The van der Waals surface area contributed by atoms with Gasteiger partial charge in [-0.1, -0.05) is 24.3 Å². The monoisotopic (exact) mass is 377 g/mol. The lowest BCUT2D eigenvalue weighted by molar-refractivity contribution is 0.0342. The number of carbonyl (C=O) groups excluding carboxylic acids is 1. The van der Waals surface area contributed by atoms with Gasteiger partial charge in [-0.2, -0.15) is 0 Å². The quantitative estimate of drug-likeness (QED) is 0.723. The second-order valence-corrected chi connectivity index (χ2v) is 5.98. The molecule has 6 heteroatoms. The van der Waals surface area contributed by atoms with Gasteiger partial charge in [-0.25, -0.2) is 0 Å². The van der Waals surface area contributed by atoms with E-state index in [0.29, 0.717) is 22.6 Å². The average molecular weight is 378 g/mol. The predicted molar refractivity (Wildman–Crippen MR) is 103 cm³/mol. The molecule has 0 aliphatic carbocycles. The van der Waals surface area contributed by atoms with Crippen molar-refractivity contribution in [1.82, 2.24) is 4.90 Å². The zero-order valence-corrected chi connectivity index (χ0v) is 15.9. The number of benzene rings is 2. The van der Waals surface area contributed by atoms with Crippen LogP contribution in [0.4, 0.5) is 0 Å². The van der Waals surface area contributed by atoms with E-state index in [1.807, 2.05) is 24.3 Å². The van der Waals surface area contributed by atoms with Crippen molar-refractivity contribution >= 4 is 18.2 Å². The van der Waals surface area contributed by atoms with Crippen LogP contribution >= 0.6 is 12.4 Å². The molecule has 0 amide bonds. The molecule has 1 aliphatic rings. The zero-order valence-electron chi connectivity index (χ0n) is 15.1. The van der Waals surface area contributed by atoms with Crippen molar-refractivity contribution in [3.05, 3.63) is 59.2 Å². The first-order valence-electron chi connectivity index (χ1n) is 8.37. The summed E-state index contributed by atoms with van der Waals surface area (Å²) in [6, 6.07) is 13.0. The molecule has 1 saturated heterocycles. The number of rotatable bonds is 6. The average Bonchev–Trinajstić information content (AvgIpc) is 2.68. The summed E-state index contributed by atoms with van der Waals surface area (Å²) < 4.78 is 15.9. The molecular weight excluding hydrogens is 354 g/mol. The molecule has 0 atom stereocenters. The number of hydrogen-bond acceptors (Lipinski definition) is 5. The van der Waals surface area contributed by atoms with E-state index >= 15 is 0 Å². The Morgan fingerprint density at radius 3 is 2.19 bits per heavy atom. The van der Waals surface area contributed by atoms with Crippen LogP contribution in [0.3, 0.4) is 0 Å². The highest BCUT2D eigenvalue weighted by Crippen LogP contribution is 2.28. The Hall–Kier alpha value is -2.08. The van der Waals surface area contributed by atoms with E-state index in [4.69, 9.17) is 14.2 Å². The van der Waals surface area contributed by atoms with Gasteiger partial charge in [-0.3, -0.25) is 9.69 Å². The Bertz CT molecular complexity index is 727. The third kappa shape index (κ3) is 4.75. The lowest BCUT2D eigenvalue weighted by Crippen LogP contribution is -2.35. The number of nitrogens with zero attached hydrogens (tertiary/aromatic N) is 1. The van der Waals surface area contributed by atoms with Crippen molar-refractivity contribution < 1.29 is 19.0 Å². The number of morpholine rings is 1. The van der Waals surface area contributed by atoms with Crippen LogP contribution in [0.2, 0.25) is 0 Å². The molecule has 0 radical (unpaired) electrons. The summed E-state index contributed by atoms with van der Waals surface area (Å²) in [4.78, 5) is 15.0. The summed E-state index contributed by atoms with van der Waals surface area (Å²) >= 11 is 0. The van der Waals surface area contributed by atoms with E-state index < -0.39 is 0 Å². The van der Waals surface area contributed by atoms with E-state index in [1.165, 1.54) is 5.56 Å². The Labute approximate surface area is 160 Å². The fourth-order valence-electron chi connectivity index (χ4n) is 2.92. The lowest BCUT2D eigenvalue weighted by Gasteiger charge is -2.26. The van der Waals surface area contributed by atoms with E-state index in [-0.39, 0.29) is 18.2 Å². The normalized spacial score (nSPS) is 14.4. The minimum Gasteiger partial charge on any atom is -0.493 e. The Balaban J connectivity index is 0.00000243. The summed E-state index contributed by atoms with van der Waals surface area (Å²) in [7, 11) is 3.14. The molecule has 0 N–H and O–H groups in total. The second-order valence-electron chi connectivity index (χ2n) is 5.98. The molecule has 140 valence electrons. The highest BCUT2D eigenvalue weighted by molar-refractivity contribution is 6.09. The fourth-order valence-corrected chi connectivity index (χ4v) is 2.92. The number of ketones is 1. The first-order chi connectivity index (χ1) is 12.2. The first kappa shape index (κ1) is 20.2. The van der Waals surface area contributed by atoms with Gasteiger partial charge >= 0.3 is 0 Å². The molecule has 3 rings (SSSR count). The van der Waals surface area contributed by atoms with Crippen LogP contribution < -0.4 is 9.47 Å². The minimum atomic E-state index is -0.0288. The second kappa shape index (κ2) is 9.57. The highest BCUT2D eigenvalue weighted by atomic mass is 35.5. The largest absolute Gasteiger partial charge is 0.493 e. The van der Waals surface area contributed by atoms with E-state index in [2.05, 4.69) is 4.90 Å². The number of halogens is 1. The number of methoxy groups -OCH3 is 2. The van der Waals surface area contributed by atoms with Crippen molar-refractivity contribution in [2.45, 2.75) is 6.54 Å². The topological polar surface area (TPSA) is 48.0 Å². The predicted octanol–water partition coefficient (Wildman–Crippen LogP) is 3.19. The summed E-state index contributed by atoms with van der Waals surface area (Å²) in [6.45, 7) is 4.36. The van der Waals surface area contributed by atoms with Crippen LogP contribution in [0, 0.1) is 0 Å². The maximum Gasteiger partial charge on any atom is 0.193 e. The van der Waals surface area contributed by atoms with Gasteiger partial charge in [0.15, 0.2) is 17.3 Å².